The lowest BCUT2D eigenvalue weighted by Crippen LogP contribution is -1.97. The third-order valence-corrected chi connectivity index (χ3v) is 1.84. The Hall–Kier alpha value is -1.97. The van der Waals surface area contributed by atoms with E-state index in [0.29, 0.717) is 5.82 Å². The summed E-state index contributed by atoms with van der Waals surface area (Å²) in [5.41, 5.74) is 7.55. The Labute approximate surface area is 81.9 Å². The molecule has 0 saturated carbocycles. The average Bonchev–Trinajstić information content (AvgIpc) is 2.19. The van der Waals surface area contributed by atoms with Crippen molar-refractivity contribution in [2.45, 2.75) is 6.42 Å². The molecule has 0 unspecified atom stereocenters. The lowest BCUT2D eigenvalue weighted by molar-refractivity contribution is 1.03. The minimum absolute atomic E-state index is 0.455. The first-order valence-corrected chi connectivity index (χ1v) is 4.30. The SMILES string of the molecule is Nc1cncc(Cc2ccncc2)n1. The van der Waals surface area contributed by atoms with Crippen LogP contribution in [0.4, 0.5) is 5.82 Å². The van der Waals surface area contributed by atoms with E-state index in [-0.39, 0.29) is 0 Å². The molecule has 0 spiro atoms. The van der Waals surface area contributed by atoms with Crippen molar-refractivity contribution in [1.82, 2.24) is 15.0 Å². The van der Waals surface area contributed by atoms with Crippen LogP contribution >= 0.6 is 0 Å². The van der Waals surface area contributed by atoms with E-state index in [0.717, 1.165) is 17.7 Å². The number of nitrogens with zero attached hydrogens (tertiary/aromatic N) is 3. The molecule has 70 valence electrons. The highest BCUT2D eigenvalue weighted by atomic mass is 14.9. The molecule has 4 heteroatoms. The molecule has 2 N–H and O–H groups in total. The van der Waals surface area contributed by atoms with Gasteiger partial charge in [0.25, 0.3) is 0 Å². The van der Waals surface area contributed by atoms with Crippen molar-refractivity contribution in [1.29, 1.82) is 0 Å². The maximum atomic E-state index is 5.53. The summed E-state index contributed by atoms with van der Waals surface area (Å²) in [6.07, 6.45) is 7.51. The van der Waals surface area contributed by atoms with Gasteiger partial charge in [-0.25, -0.2) is 4.98 Å². The first-order valence-electron chi connectivity index (χ1n) is 4.30. The predicted molar refractivity (Wildman–Crippen MR) is 53.5 cm³/mol. The Morgan fingerprint density at radius 3 is 2.57 bits per heavy atom. The first kappa shape index (κ1) is 8.62. The van der Waals surface area contributed by atoms with Crippen LogP contribution in [0.15, 0.2) is 36.9 Å². The van der Waals surface area contributed by atoms with Gasteiger partial charge in [-0.1, -0.05) is 0 Å². The smallest absolute Gasteiger partial charge is 0.142 e. The molecule has 0 radical (unpaired) electrons. The highest BCUT2D eigenvalue weighted by Crippen LogP contribution is 2.05. The molecule has 0 fully saturated rings. The van der Waals surface area contributed by atoms with Gasteiger partial charge < -0.3 is 5.73 Å². The second-order valence-electron chi connectivity index (χ2n) is 2.97. The van der Waals surface area contributed by atoms with Crippen molar-refractivity contribution in [3.8, 4) is 0 Å². The van der Waals surface area contributed by atoms with Crippen molar-refractivity contribution in [3.63, 3.8) is 0 Å². The highest BCUT2D eigenvalue weighted by molar-refractivity contribution is 5.26. The Balaban J connectivity index is 2.19. The van der Waals surface area contributed by atoms with Crippen molar-refractivity contribution < 1.29 is 0 Å². The molecular weight excluding hydrogens is 176 g/mol. The first-order chi connectivity index (χ1) is 6.84. The van der Waals surface area contributed by atoms with Gasteiger partial charge in [0.05, 0.1) is 11.9 Å². The molecule has 2 aromatic heterocycles. The maximum absolute atomic E-state index is 5.53. The van der Waals surface area contributed by atoms with Gasteiger partial charge in [-0.15, -0.1) is 0 Å². The van der Waals surface area contributed by atoms with Crippen LogP contribution in [0.1, 0.15) is 11.3 Å². The minimum Gasteiger partial charge on any atom is -0.382 e. The molecule has 0 aromatic carbocycles. The molecule has 2 rings (SSSR count). The minimum atomic E-state index is 0.455. The summed E-state index contributed by atoms with van der Waals surface area (Å²) in [5.74, 6) is 0.455. The fourth-order valence-corrected chi connectivity index (χ4v) is 1.22. The molecule has 0 bridgehead atoms. The lowest BCUT2D eigenvalue weighted by Gasteiger charge is -2.00. The Bertz CT molecular complexity index is 413. The quantitative estimate of drug-likeness (QED) is 0.761. The number of nitrogens with two attached hydrogens (primary N) is 1. The van der Waals surface area contributed by atoms with Crippen LogP contribution in [0.25, 0.3) is 0 Å². The van der Waals surface area contributed by atoms with E-state index in [1.165, 1.54) is 6.20 Å². The van der Waals surface area contributed by atoms with E-state index in [1.54, 1.807) is 18.6 Å². The zero-order valence-corrected chi connectivity index (χ0v) is 7.59. The topological polar surface area (TPSA) is 64.7 Å². The maximum Gasteiger partial charge on any atom is 0.142 e. The molecule has 0 aliphatic rings. The van der Waals surface area contributed by atoms with Gasteiger partial charge in [-0.3, -0.25) is 9.97 Å². The number of pyridine rings is 1. The summed E-state index contributed by atoms with van der Waals surface area (Å²) in [5, 5.41) is 0. The molecule has 0 aliphatic carbocycles. The molecular formula is C10H10N4. The molecule has 4 nitrogen and oxygen atoms in total. The number of hydrogen-bond acceptors (Lipinski definition) is 4. The van der Waals surface area contributed by atoms with E-state index in [4.69, 9.17) is 5.73 Å². The van der Waals surface area contributed by atoms with Gasteiger partial charge in [0.15, 0.2) is 0 Å². The van der Waals surface area contributed by atoms with Gasteiger partial charge in [0.2, 0.25) is 0 Å². The molecule has 0 atom stereocenters. The highest BCUT2D eigenvalue weighted by Gasteiger charge is 1.97. The Kier molecular flexibility index (Phi) is 2.36. The van der Waals surface area contributed by atoms with E-state index >= 15 is 0 Å². The molecule has 2 aromatic rings. The van der Waals surface area contributed by atoms with Crippen LogP contribution in [-0.4, -0.2) is 15.0 Å². The number of hydrogen-bond donors (Lipinski definition) is 1. The normalized spacial score (nSPS) is 10.0. The zero-order chi connectivity index (χ0) is 9.80. The number of aromatic nitrogens is 3. The summed E-state index contributed by atoms with van der Waals surface area (Å²) in [4.78, 5) is 12.1. The molecule has 14 heavy (non-hydrogen) atoms. The van der Waals surface area contributed by atoms with Gasteiger partial charge in [-0.2, -0.15) is 0 Å². The van der Waals surface area contributed by atoms with Crippen LogP contribution in [0, 0.1) is 0 Å². The van der Waals surface area contributed by atoms with Crippen LogP contribution in [0.5, 0.6) is 0 Å². The number of rotatable bonds is 2. The van der Waals surface area contributed by atoms with Crippen molar-refractivity contribution >= 4 is 5.82 Å². The summed E-state index contributed by atoms with van der Waals surface area (Å²) < 4.78 is 0. The molecule has 0 saturated heterocycles. The third-order valence-electron chi connectivity index (χ3n) is 1.84. The zero-order valence-electron chi connectivity index (χ0n) is 7.59. The molecule has 0 aliphatic heterocycles. The van der Waals surface area contributed by atoms with Crippen molar-refractivity contribution in [3.05, 3.63) is 48.2 Å². The summed E-state index contributed by atoms with van der Waals surface area (Å²) in [6.45, 7) is 0. The van der Waals surface area contributed by atoms with Gasteiger partial charge >= 0.3 is 0 Å². The van der Waals surface area contributed by atoms with E-state index in [9.17, 15) is 0 Å². The van der Waals surface area contributed by atoms with Crippen LogP contribution in [0.2, 0.25) is 0 Å². The molecule has 2 heterocycles. The van der Waals surface area contributed by atoms with E-state index in [1.807, 2.05) is 12.1 Å². The fraction of sp³-hybridized carbons (Fsp3) is 0.100. The van der Waals surface area contributed by atoms with Gasteiger partial charge in [0.1, 0.15) is 5.82 Å². The predicted octanol–water partition coefficient (Wildman–Crippen LogP) is 1.04. The monoisotopic (exact) mass is 186 g/mol. The second-order valence-corrected chi connectivity index (χ2v) is 2.97. The van der Waals surface area contributed by atoms with E-state index < -0.39 is 0 Å². The van der Waals surface area contributed by atoms with Gasteiger partial charge in [-0.05, 0) is 17.7 Å². The summed E-state index contributed by atoms with van der Waals surface area (Å²) >= 11 is 0. The summed E-state index contributed by atoms with van der Waals surface area (Å²) in [7, 11) is 0. The van der Waals surface area contributed by atoms with Crippen LogP contribution in [0.3, 0.4) is 0 Å². The Morgan fingerprint density at radius 2 is 1.86 bits per heavy atom. The van der Waals surface area contributed by atoms with Crippen LogP contribution in [-0.2, 0) is 6.42 Å². The number of nitrogen functional groups attached to an aromatic ring is 1. The van der Waals surface area contributed by atoms with Crippen molar-refractivity contribution in [2.24, 2.45) is 0 Å². The lowest BCUT2D eigenvalue weighted by atomic mass is 10.1. The summed E-state index contributed by atoms with van der Waals surface area (Å²) in [6, 6.07) is 3.90. The number of anilines is 1. The largest absolute Gasteiger partial charge is 0.382 e. The van der Waals surface area contributed by atoms with Crippen LogP contribution < -0.4 is 5.73 Å². The van der Waals surface area contributed by atoms with Gasteiger partial charge in [0, 0.05) is 25.0 Å². The van der Waals surface area contributed by atoms with Crippen molar-refractivity contribution in [2.75, 3.05) is 5.73 Å². The Morgan fingerprint density at radius 1 is 1.07 bits per heavy atom. The standard InChI is InChI=1S/C10H10N4/c11-10-7-13-6-9(14-10)5-8-1-3-12-4-2-8/h1-4,6-7H,5H2,(H2,11,14). The van der Waals surface area contributed by atoms with E-state index in [2.05, 4.69) is 15.0 Å². The molecule has 0 amide bonds. The second kappa shape index (κ2) is 3.83. The third kappa shape index (κ3) is 2.04. The fourth-order valence-electron chi connectivity index (χ4n) is 1.22. The average molecular weight is 186 g/mol.